The number of H-pyrrole nitrogens is 1. The van der Waals surface area contributed by atoms with Crippen LogP contribution in [0.5, 0.6) is 0 Å². The minimum atomic E-state index is 0.101. The van der Waals surface area contributed by atoms with Gasteiger partial charge in [-0.25, -0.2) is 15.0 Å². The Kier molecular flexibility index (Phi) is 7.09. The van der Waals surface area contributed by atoms with Crippen LogP contribution in [0.15, 0.2) is 72.4 Å². The lowest BCUT2D eigenvalue weighted by Crippen LogP contribution is -2.49. The summed E-state index contributed by atoms with van der Waals surface area (Å²) >= 11 is 0. The Morgan fingerprint density at radius 3 is 2.38 bits per heavy atom. The molecule has 190 valence electrons. The molecule has 0 amide bonds. The minimum absolute atomic E-state index is 0.101. The monoisotopic (exact) mass is 496 g/mol. The minimum Gasteiger partial charge on any atom is -0.358 e. The molecule has 2 N–H and O–H groups in total. The van der Waals surface area contributed by atoms with Crippen LogP contribution < -0.4 is 4.90 Å². The van der Waals surface area contributed by atoms with Crippen LogP contribution in [0.3, 0.4) is 0 Å². The first-order valence-electron chi connectivity index (χ1n) is 12.3. The summed E-state index contributed by atoms with van der Waals surface area (Å²) in [7, 11) is 6.05. The number of aryl methyl sites for hydroxylation is 1. The zero-order valence-corrected chi connectivity index (χ0v) is 21.4. The molecule has 1 aromatic carbocycles. The third-order valence-corrected chi connectivity index (χ3v) is 6.62. The maximum absolute atomic E-state index is 7.60. The molecule has 5 rings (SSSR count). The highest BCUT2D eigenvalue weighted by Crippen LogP contribution is 2.26. The molecule has 1 saturated heterocycles. The second-order valence-electron chi connectivity index (χ2n) is 9.35. The number of nitrogens with one attached hydrogen (secondary N) is 2. The second kappa shape index (κ2) is 10.8. The molecular weight excluding hydrogens is 464 g/mol. The number of hydrogen-bond acceptors (Lipinski definition) is 6. The van der Waals surface area contributed by atoms with Crippen molar-refractivity contribution in [1.29, 1.82) is 5.41 Å². The van der Waals surface area contributed by atoms with Gasteiger partial charge in [0.2, 0.25) is 5.95 Å². The molecule has 10 heteroatoms. The number of aromatic nitrogens is 5. The average Bonchev–Trinajstić information content (AvgIpc) is 3.58. The largest absolute Gasteiger partial charge is 0.358 e. The predicted molar refractivity (Wildman–Crippen MR) is 146 cm³/mol. The summed E-state index contributed by atoms with van der Waals surface area (Å²) in [6.45, 7) is 3.04. The lowest BCUT2D eigenvalue weighted by atomic mass is 10.0. The molecule has 1 aliphatic rings. The van der Waals surface area contributed by atoms with Gasteiger partial charge in [0, 0.05) is 74.7 Å². The van der Waals surface area contributed by atoms with Gasteiger partial charge in [-0.2, -0.15) is 5.10 Å². The van der Waals surface area contributed by atoms with Gasteiger partial charge in [0.25, 0.3) is 0 Å². The molecule has 0 aliphatic carbocycles. The van der Waals surface area contributed by atoms with E-state index in [0.717, 1.165) is 66.7 Å². The standard InChI is InChI=1S/C27H32N10/c1-34(2)25(20-7-5-4-6-8-20)22-15-30-27(31-16-22)37-11-9-36(10-12-37)26(32-19-28)24-13-21(14-29-24)23-17-33-35(3)18-23/h4-8,13-19,25,28-29H,9-12H2,1-3H3/t25-/m0/s1. The van der Waals surface area contributed by atoms with Gasteiger partial charge < -0.3 is 14.8 Å². The number of hydrogen-bond donors (Lipinski definition) is 2. The average molecular weight is 497 g/mol. The molecule has 0 saturated carbocycles. The van der Waals surface area contributed by atoms with Crippen molar-refractivity contribution in [1.82, 2.24) is 34.5 Å². The maximum atomic E-state index is 7.60. The summed E-state index contributed by atoms with van der Waals surface area (Å²) < 4.78 is 1.78. The Bertz CT molecular complexity index is 1350. The van der Waals surface area contributed by atoms with Gasteiger partial charge in [-0.1, -0.05) is 30.3 Å². The zero-order valence-electron chi connectivity index (χ0n) is 21.4. The number of amidine groups is 1. The predicted octanol–water partition coefficient (Wildman–Crippen LogP) is 3.03. The van der Waals surface area contributed by atoms with Crippen molar-refractivity contribution in [2.75, 3.05) is 45.2 Å². The van der Waals surface area contributed by atoms with Crippen molar-refractivity contribution in [3.63, 3.8) is 0 Å². The normalized spacial score (nSPS) is 15.3. The van der Waals surface area contributed by atoms with E-state index in [-0.39, 0.29) is 6.04 Å². The van der Waals surface area contributed by atoms with Gasteiger partial charge in [0.1, 0.15) is 6.34 Å². The van der Waals surface area contributed by atoms with Gasteiger partial charge >= 0.3 is 0 Å². The molecule has 3 aromatic heterocycles. The van der Waals surface area contributed by atoms with Crippen LogP contribution in [0.2, 0.25) is 0 Å². The van der Waals surface area contributed by atoms with Crippen LogP contribution >= 0.6 is 0 Å². The molecule has 1 aliphatic heterocycles. The lowest BCUT2D eigenvalue weighted by Gasteiger charge is -2.36. The number of rotatable bonds is 7. The van der Waals surface area contributed by atoms with Crippen molar-refractivity contribution in [2.45, 2.75) is 6.04 Å². The number of benzene rings is 1. The van der Waals surface area contributed by atoms with Crippen LogP contribution in [-0.2, 0) is 7.05 Å². The summed E-state index contributed by atoms with van der Waals surface area (Å²) in [5.74, 6) is 1.50. The summed E-state index contributed by atoms with van der Waals surface area (Å²) in [4.78, 5) is 23.7. The molecule has 4 aromatic rings. The smallest absolute Gasteiger partial charge is 0.225 e. The Morgan fingerprint density at radius 1 is 1.03 bits per heavy atom. The number of aromatic amines is 1. The van der Waals surface area contributed by atoms with Crippen LogP contribution in [0.4, 0.5) is 5.95 Å². The molecule has 4 heterocycles. The van der Waals surface area contributed by atoms with E-state index in [0.29, 0.717) is 0 Å². The SMILES string of the molecule is CN(C)[C@@H](c1ccccc1)c1cnc(N2CCN(C(=NC=N)c3cc(-c4cnn(C)c4)c[nH]3)CC2)nc1. The first-order chi connectivity index (χ1) is 18.0. The fourth-order valence-electron chi connectivity index (χ4n) is 4.82. The number of aliphatic imine (C=N–C) groups is 1. The summed E-state index contributed by atoms with van der Waals surface area (Å²) in [5.41, 5.74) is 5.24. The Morgan fingerprint density at radius 2 is 1.76 bits per heavy atom. The van der Waals surface area contributed by atoms with Crippen LogP contribution in [-0.4, -0.2) is 87.0 Å². The number of nitrogens with zero attached hydrogens (tertiary/aromatic N) is 8. The van der Waals surface area contributed by atoms with Gasteiger partial charge in [0.15, 0.2) is 5.84 Å². The zero-order chi connectivity index (χ0) is 25.8. The molecular formula is C27H32N10. The topological polar surface area (TPSA) is 105 Å². The first-order valence-corrected chi connectivity index (χ1v) is 12.3. The summed E-state index contributed by atoms with van der Waals surface area (Å²) in [5, 5.41) is 11.9. The third-order valence-electron chi connectivity index (χ3n) is 6.62. The molecule has 1 atom stereocenters. The Hall–Kier alpha value is -4.31. The van der Waals surface area contributed by atoms with Crippen LogP contribution in [0, 0.1) is 5.41 Å². The highest BCUT2D eigenvalue weighted by molar-refractivity contribution is 6.01. The van der Waals surface area contributed by atoms with Crippen LogP contribution in [0.25, 0.3) is 11.1 Å². The van der Waals surface area contributed by atoms with E-state index in [1.807, 2.05) is 44.1 Å². The molecule has 0 bridgehead atoms. The van der Waals surface area contributed by atoms with E-state index >= 15 is 0 Å². The lowest BCUT2D eigenvalue weighted by molar-refractivity contribution is 0.341. The second-order valence-corrected chi connectivity index (χ2v) is 9.35. The van der Waals surface area contributed by atoms with E-state index in [1.165, 1.54) is 5.56 Å². The summed E-state index contributed by atoms with van der Waals surface area (Å²) in [6, 6.07) is 12.6. The fraction of sp³-hybridized carbons (Fsp3) is 0.296. The van der Waals surface area contributed by atoms with Crippen molar-refractivity contribution in [3.8, 4) is 11.1 Å². The molecule has 37 heavy (non-hydrogen) atoms. The first kappa shape index (κ1) is 24.4. The highest BCUT2D eigenvalue weighted by atomic mass is 15.3. The van der Waals surface area contributed by atoms with Crippen molar-refractivity contribution < 1.29 is 0 Å². The van der Waals surface area contributed by atoms with Crippen molar-refractivity contribution in [2.24, 2.45) is 12.0 Å². The highest BCUT2D eigenvalue weighted by Gasteiger charge is 2.24. The number of anilines is 1. The van der Waals surface area contributed by atoms with Crippen LogP contribution in [0.1, 0.15) is 22.9 Å². The van der Waals surface area contributed by atoms with Gasteiger partial charge in [0.05, 0.1) is 17.9 Å². The van der Waals surface area contributed by atoms with E-state index in [9.17, 15) is 0 Å². The fourth-order valence-corrected chi connectivity index (χ4v) is 4.82. The van der Waals surface area contributed by atoms with E-state index in [1.54, 1.807) is 4.68 Å². The van der Waals surface area contributed by atoms with Crippen molar-refractivity contribution >= 4 is 18.1 Å². The molecule has 0 unspecified atom stereocenters. The van der Waals surface area contributed by atoms with Gasteiger partial charge in [-0.15, -0.1) is 0 Å². The molecule has 0 radical (unpaired) electrons. The maximum Gasteiger partial charge on any atom is 0.225 e. The van der Waals surface area contributed by atoms with E-state index in [4.69, 9.17) is 15.4 Å². The van der Waals surface area contributed by atoms with E-state index < -0.39 is 0 Å². The molecule has 1 fully saturated rings. The Labute approximate surface area is 216 Å². The summed E-state index contributed by atoms with van der Waals surface area (Å²) in [6.07, 6.45) is 10.7. The van der Waals surface area contributed by atoms with E-state index in [2.05, 4.69) is 74.2 Å². The quantitative estimate of drug-likeness (QED) is 0.301. The van der Waals surface area contributed by atoms with Gasteiger partial charge in [-0.3, -0.25) is 15.0 Å². The molecule has 10 nitrogen and oxygen atoms in total. The molecule has 0 spiro atoms. The van der Waals surface area contributed by atoms with Crippen molar-refractivity contribution in [3.05, 3.63) is 84.2 Å². The third kappa shape index (κ3) is 5.29. The number of piperazine rings is 1. The van der Waals surface area contributed by atoms with Gasteiger partial charge in [-0.05, 0) is 25.7 Å². The Balaban J connectivity index is 1.26.